The van der Waals surface area contributed by atoms with Gasteiger partial charge in [0.2, 0.25) is 16.4 Å². The molecule has 66 valence electrons. The molecular formula is C6H8N2O3S. The van der Waals surface area contributed by atoms with Crippen molar-refractivity contribution in [1.29, 1.82) is 0 Å². The number of amides is 1. The van der Waals surface area contributed by atoms with E-state index < -0.39 is 10.0 Å². The lowest BCUT2D eigenvalue weighted by Gasteiger charge is -1.96. The zero-order valence-corrected chi connectivity index (χ0v) is 7.21. The van der Waals surface area contributed by atoms with E-state index in [0.29, 0.717) is 12.1 Å². The van der Waals surface area contributed by atoms with Crippen molar-refractivity contribution in [1.82, 2.24) is 3.97 Å². The smallest absolute Gasteiger partial charge is 0.235 e. The first kappa shape index (κ1) is 8.79. The third-order valence-corrected chi connectivity index (χ3v) is 2.27. The van der Waals surface area contributed by atoms with E-state index in [1.54, 1.807) is 0 Å². The summed E-state index contributed by atoms with van der Waals surface area (Å²) in [7, 11) is -3.24. The van der Waals surface area contributed by atoms with Crippen molar-refractivity contribution >= 4 is 22.1 Å². The van der Waals surface area contributed by atoms with E-state index >= 15 is 0 Å². The van der Waals surface area contributed by atoms with E-state index in [1.807, 2.05) is 0 Å². The average molecular weight is 188 g/mol. The first-order valence-electron chi connectivity index (χ1n) is 3.13. The molecule has 0 saturated carbocycles. The summed E-state index contributed by atoms with van der Waals surface area (Å²) in [6.45, 7) is 0. The van der Waals surface area contributed by atoms with Gasteiger partial charge in [-0.2, -0.15) is 0 Å². The van der Waals surface area contributed by atoms with Crippen LogP contribution in [0.3, 0.4) is 0 Å². The highest BCUT2D eigenvalue weighted by molar-refractivity contribution is 7.89. The molecule has 0 spiro atoms. The molecule has 0 saturated heterocycles. The normalized spacial score (nSPS) is 11.1. The van der Waals surface area contributed by atoms with Gasteiger partial charge in [-0.1, -0.05) is 0 Å². The van der Waals surface area contributed by atoms with E-state index in [1.165, 1.54) is 18.5 Å². The molecule has 0 aromatic carbocycles. The van der Waals surface area contributed by atoms with Crippen molar-refractivity contribution in [2.24, 2.45) is 0 Å². The Hall–Kier alpha value is -1.30. The fourth-order valence-corrected chi connectivity index (χ4v) is 1.32. The molecule has 1 aromatic rings. The summed E-state index contributed by atoms with van der Waals surface area (Å²) in [6.07, 6.45) is 4.25. The maximum Gasteiger partial charge on any atom is 0.235 e. The van der Waals surface area contributed by atoms with Crippen LogP contribution in [0.15, 0.2) is 18.5 Å². The van der Waals surface area contributed by atoms with Crippen LogP contribution in [0.25, 0.3) is 0 Å². The Morgan fingerprint density at radius 2 is 2.25 bits per heavy atom. The predicted molar refractivity (Wildman–Crippen MR) is 44.4 cm³/mol. The fraction of sp³-hybridized carbons (Fsp3) is 0.167. The minimum absolute atomic E-state index is 0.454. The summed E-state index contributed by atoms with van der Waals surface area (Å²) < 4.78 is 22.8. The minimum Gasteiger partial charge on any atom is -0.327 e. The summed E-state index contributed by atoms with van der Waals surface area (Å²) in [5.41, 5.74) is 0.454. The maximum atomic E-state index is 10.9. The van der Waals surface area contributed by atoms with Crippen molar-refractivity contribution in [3.8, 4) is 0 Å². The standard InChI is InChI=1S/C6H8N2O3S/c1-12(10,11)8-3-2-6(4-8)7-5-9/h2-5H,1H3,(H,7,9). The molecule has 0 aliphatic heterocycles. The molecule has 1 N–H and O–H groups in total. The number of nitrogens with zero attached hydrogens (tertiary/aromatic N) is 1. The molecule has 1 heterocycles. The Balaban J connectivity index is 2.99. The van der Waals surface area contributed by atoms with Gasteiger partial charge in [0.05, 0.1) is 11.9 Å². The monoisotopic (exact) mass is 188 g/mol. The van der Waals surface area contributed by atoms with Gasteiger partial charge in [-0.25, -0.2) is 8.42 Å². The number of hydrogen-bond acceptors (Lipinski definition) is 3. The summed E-state index contributed by atoms with van der Waals surface area (Å²) in [5, 5.41) is 2.33. The quantitative estimate of drug-likeness (QED) is 0.671. The van der Waals surface area contributed by atoms with E-state index in [-0.39, 0.29) is 0 Å². The Kier molecular flexibility index (Phi) is 2.18. The van der Waals surface area contributed by atoms with Crippen LogP contribution in [0.5, 0.6) is 0 Å². The molecular weight excluding hydrogens is 180 g/mol. The molecule has 1 rings (SSSR count). The maximum absolute atomic E-state index is 10.9. The highest BCUT2D eigenvalue weighted by atomic mass is 32.2. The van der Waals surface area contributed by atoms with Crippen molar-refractivity contribution in [2.75, 3.05) is 11.6 Å². The van der Waals surface area contributed by atoms with Gasteiger partial charge >= 0.3 is 0 Å². The molecule has 0 bridgehead atoms. The topological polar surface area (TPSA) is 68.2 Å². The van der Waals surface area contributed by atoms with Crippen LogP contribution >= 0.6 is 0 Å². The molecule has 0 fully saturated rings. The van der Waals surface area contributed by atoms with Crippen LogP contribution in [0.1, 0.15) is 0 Å². The lowest BCUT2D eigenvalue weighted by Crippen LogP contribution is -2.06. The number of anilines is 1. The molecule has 1 amide bonds. The van der Waals surface area contributed by atoms with Gasteiger partial charge in [-0.3, -0.25) is 8.77 Å². The van der Waals surface area contributed by atoms with E-state index in [9.17, 15) is 13.2 Å². The Morgan fingerprint density at radius 1 is 1.58 bits per heavy atom. The van der Waals surface area contributed by atoms with Gasteiger partial charge in [0.25, 0.3) is 0 Å². The Bertz CT molecular complexity index is 379. The highest BCUT2D eigenvalue weighted by Gasteiger charge is 2.04. The Morgan fingerprint density at radius 3 is 2.67 bits per heavy atom. The molecule has 0 unspecified atom stereocenters. The predicted octanol–water partition coefficient (Wildman–Crippen LogP) is -0.136. The summed E-state index contributed by atoms with van der Waals surface area (Å²) in [5.74, 6) is 0. The van der Waals surface area contributed by atoms with E-state index in [2.05, 4.69) is 5.32 Å². The largest absolute Gasteiger partial charge is 0.327 e. The lowest BCUT2D eigenvalue weighted by molar-refractivity contribution is -0.105. The molecule has 0 aliphatic carbocycles. The van der Waals surface area contributed by atoms with Crippen LogP contribution in [0.2, 0.25) is 0 Å². The average Bonchev–Trinajstić information content (AvgIpc) is 2.35. The van der Waals surface area contributed by atoms with Gasteiger partial charge in [-0.05, 0) is 6.07 Å². The van der Waals surface area contributed by atoms with Crippen molar-refractivity contribution in [2.45, 2.75) is 0 Å². The van der Waals surface area contributed by atoms with Gasteiger partial charge in [0.15, 0.2) is 0 Å². The summed E-state index contributed by atoms with van der Waals surface area (Å²) in [6, 6.07) is 1.50. The van der Waals surface area contributed by atoms with E-state index in [4.69, 9.17) is 0 Å². The van der Waals surface area contributed by atoms with Gasteiger partial charge in [0.1, 0.15) is 0 Å². The Labute approximate surface area is 70.1 Å². The third-order valence-electron chi connectivity index (χ3n) is 1.28. The number of rotatable bonds is 3. The summed E-state index contributed by atoms with van der Waals surface area (Å²) in [4.78, 5) is 9.96. The zero-order valence-electron chi connectivity index (χ0n) is 6.39. The zero-order chi connectivity index (χ0) is 9.19. The second kappa shape index (κ2) is 2.98. The first-order valence-corrected chi connectivity index (χ1v) is 4.97. The molecule has 0 radical (unpaired) electrons. The fourth-order valence-electron chi connectivity index (χ4n) is 0.737. The molecule has 12 heavy (non-hydrogen) atoms. The SMILES string of the molecule is CS(=O)(=O)n1ccc(NC=O)c1. The second-order valence-corrected chi connectivity index (χ2v) is 4.14. The van der Waals surface area contributed by atoms with Gasteiger partial charge in [-0.15, -0.1) is 0 Å². The molecule has 6 heteroatoms. The van der Waals surface area contributed by atoms with Crippen LogP contribution in [-0.2, 0) is 14.8 Å². The van der Waals surface area contributed by atoms with Crippen LogP contribution in [-0.4, -0.2) is 25.1 Å². The van der Waals surface area contributed by atoms with Crippen LogP contribution in [0, 0.1) is 0 Å². The number of carbonyl (C=O) groups excluding carboxylic acids is 1. The third kappa shape index (κ3) is 1.85. The van der Waals surface area contributed by atoms with E-state index in [0.717, 1.165) is 10.2 Å². The minimum atomic E-state index is -3.24. The van der Waals surface area contributed by atoms with Crippen LogP contribution in [0.4, 0.5) is 5.69 Å². The van der Waals surface area contributed by atoms with Crippen molar-refractivity contribution < 1.29 is 13.2 Å². The number of hydrogen-bond donors (Lipinski definition) is 1. The van der Waals surface area contributed by atoms with Crippen molar-refractivity contribution in [3.05, 3.63) is 18.5 Å². The highest BCUT2D eigenvalue weighted by Crippen LogP contribution is 2.07. The first-order chi connectivity index (χ1) is 5.54. The molecule has 5 nitrogen and oxygen atoms in total. The van der Waals surface area contributed by atoms with Crippen molar-refractivity contribution in [3.63, 3.8) is 0 Å². The van der Waals surface area contributed by atoms with Gasteiger partial charge < -0.3 is 5.32 Å². The van der Waals surface area contributed by atoms with Gasteiger partial charge in [0, 0.05) is 12.4 Å². The lowest BCUT2D eigenvalue weighted by atomic mass is 10.5. The summed E-state index contributed by atoms with van der Waals surface area (Å²) >= 11 is 0. The second-order valence-electron chi connectivity index (χ2n) is 2.26. The van der Waals surface area contributed by atoms with Crippen LogP contribution < -0.4 is 5.32 Å². The molecule has 0 atom stereocenters. The number of nitrogens with one attached hydrogen (secondary N) is 1. The molecule has 0 aliphatic rings. The number of aromatic nitrogens is 1. The number of carbonyl (C=O) groups is 1. The molecule has 1 aromatic heterocycles.